The molecule has 7 nitrogen and oxygen atoms in total. The van der Waals surface area contributed by atoms with Crippen molar-refractivity contribution in [3.63, 3.8) is 0 Å². The Morgan fingerprint density at radius 2 is 1.77 bits per heavy atom. The molecular formula is C26H22N2O5S2. The molecule has 1 aromatic heterocycles. The highest BCUT2D eigenvalue weighted by molar-refractivity contribution is 8.00. The maximum Gasteiger partial charge on any atom is 0.305 e. The number of ether oxygens (including phenoxy) is 1. The fraction of sp³-hybridized carbons (Fsp3) is 0.346. The number of anilines is 1. The molecule has 1 saturated heterocycles. The Balaban J connectivity index is 1.34. The van der Waals surface area contributed by atoms with Gasteiger partial charge in [0, 0.05) is 16.0 Å². The number of phenolic OH excluding ortho intramolecular Hbond substituents is 1. The molecule has 0 spiro atoms. The van der Waals surface area contributed by atoms with Crippen LogP contribution in [-0.4, -0.2) is 34.3 Å². The van der Waals surface area contributed by atoms with Gasteiger partial charge in [0.25, 0.3) is 0 Å². The van der Waals surface area contributed by atoms with E-state index in [-0.39, 0.29) is 63.2 Å². The van der Waals surface area contributed by atoms with Crippen LogP contribution in [-0.2, 0) is 9.59 Å². The summed E-state index contributed by atoms with van der Waals surface area (Å²) in [5.74, 6) is -0.301. The van der Waals surface area contributed by atoms with Crippen LogP contribution in [0.25, 0.3) is 0 Å². The van der Waals surface area contributed by atoms with Gasteiger partial charge in [-0.1, -0.05) is 35.6 Å². The number of hydrogen-bond acceptors (Lipinski definition) is 7. The summed E-state index contributed by atoms with van der Waals surface area (Å²) in [7, 11) is 1.52. The molecule has 7 rings (SSSR count). The van der Waals surface area contributed by atoms with Crippen LogP contribution < -0.4 is 14.5 Å². The van der Waals surface area contributed by atoms with E-state index in [1.54, 1.807) is 17.8 Å². The van der Waals surface area contributed by atoms with E-state index in [1.807, 2.05) is 42.5 Å². The number of aromatic hydroxyl groups is 1. The Morgan fingerprint density at radius 3 is 2.51 bits per heavy atom. The molecule has 3 fully saturated rings. The molecule has 2 aliphatic heterocycles. The summed E-state index contributed by atoms with van der Waals surface area (Å²) in [5.41, 5.74) is 1.59. The van der Waals surface area contributed by atoms with Crippen LogP contribution in [0, 0.1) is 29.6 Å². The minimum Gasteiger partial charge on any atom is -0.504 e. The minimum absolute atomic E-state index is 0.0443. The van der Waals surface area contributed by atoms with Crippen molar-refractivity contribution < 1.29 is 19.4 Å². The number of para-hydroxylation sites is 1. The van der Waals surface area contributed by atoms with Crippen molar-refractivity contribution in [2.75, 3.05) is 12.0 Å². The molecule has 2 N–H and O–H groups in total. The number of nitrogens with zero attached hydrogens (tertiary/aromatic N) is 1. The SMILES string of the molecule is COc1cc([C@@H]2c3sc(=O)[nH]c3S[C@@H]3[C@H]4C[C@@H]([C@@H]5C(=O)N(c6ccccc6)C(=O)[C@H]45)[C@@H]23)ccc1O. The molecular weight excluding hydrogens is 484 g/mol. The van der Waals surface area contributed by atoms with E-state index in [4.69, 9.17) is 4.74 Å². The lowest BCUT2D eigenvalue weighted by Gasteiger charge is -2.43. The molecule has 2 saturated carbocycles. The number of thioether (sulfide) groups is 1. The third-order valence-electron chi connectivity index (χ3n) is 8.30. The number of phenols is 1. The van der Waals surface area contributed by atoms with Gasteiger partial charge >= 0.3 is 4.87 Å². The third-order valence-corrected chi connectivity index (χ3v) is 10.9. The van der Waals surface area contributed by atoms with Gasteiger partial charge in [0.2, 0.25) is 11.8 Å². The summed E-state index contributed by atoms with van der Waals surface area (Å²) in [6.07, 6.45) is 0.836. The van der Waals surface area contributed by atoms with Gasteiger partial charge in [-0.25, -0.2) is 0 Å². The zero-order valence-electron chi connectivity index (χ0n) is 18.7. The number of thiazole rings is 1. The predicted octanol–water partition coefficient (Wildman–Crippen LogP) is 3.83. The Bertz CT molecular complexity index is 1430. The zero-order valence-corrected chi connectivity index (χ0v) is 20.3. The number of aromatic amines is 1. The fourth-order valence-electron chi connectivity index (χ4n) is 7.11. The molecule has 2 amide bonds. The first-order valence-corrected chi connectivity index (χ1v) is 13.4. The topological polar surface area (TPSA) is 99.7 Å². The fourth-order valence-corrected chi connectivity index (χ4v) is 10.00. The lowest BCUT2D eigenvalue weighted by atomic mass is 9.68. The zero-order chi connectivity index (χ0) is 24.0. The van der Waals surface area contributed by atoms with Crippen molar-refractivity contribution in [3.05, 3.63) is 68.6 Å². The number of imide groups is 1. The summed E-state index contributed by atoms with van der Waals surface area (Å²) in [5, 5.41) is 11.2. The standard InChI is InChI=1S/C26H22N2O5S2/c1-33-16-9-11(7-8-15(16)29)17-18-13-10-14(21(18)34-23-22(17)35-26(32)27-23)20-19(13)24(30)28(25(20)31)12-5-3-2-4-6-12/h2-9,13-14,17-21,29H,10H2,1H3,(H,27,32)/t13-,14+,17+,18+,19+,20-,21-/m1/s1. The number of fused-ring (bicyclic) bond motifs is 9. The van der Waals surface area contributed by atoms with Gasteiger partial charge in [-0.3, -0.25) is 19.3 Å². The number of H-pyrrole nitrogens is 1. The number of aromatic nitrogens is 1. The van der Waals surface area contributed by atoms with Crippen LogP contribution in [0.2, 0.25) is 0 Å². The van der Waals surface area contributed by atoms with Crippen LogP contribution in [0.5, 0.6) is 11.5 Å². The van der Waals surface area contributed by atoms with Crippen LogP contribution in [0.15, 0.2) is 58.4 Å². The minimum atomic E-state index is -0.340. The smallest absolute Gasteiger partial charge is 0.305 e. The van der Waals surface area contributed by atoms with Crippen molar-refractivity contribution in [1.29, 1.82) is 0 Å². The molecule has 3 aromatic rings. The second-order valence-corrected chi connectivity index (χ2v) is 11.9. The maximum absolute atomic E-state index is 13.7. The average Bonchev–Trinajstić information content (AvgIpc) is 3.59. The second-order valence-electron chi connectivity index (χ2n) is 9.74. The summed E-state index contributed by atoms with van der Waals surface area (Å²) in [6, 6.07) is 14.5. The number of nitrogens with one attached hydrogen (secondary N) is 1. The number of hydrogen-bond donors (Lipinski definition) is 2. The molecule has 9 heteroatoms. The van der Waals surface area contributed by atoms with E-state index in [0.29, 0.717) is 11.4 Å². The van der Waals surface area contributed by atoms with Crippen molar-refractivity contribution in [2.45, 2.75) is 22.6 Å². The summed E-state index contributed by atoms with van der Waals surface area (Å²) in [6.45, 7) is 0. The highest BCUT2D eigenvalue weighted by atomic mass is 32.2. The molecule has 0 unspecified atom stereocenters. The van der Waals surface area contributed by atoms with Crippen molar-refractivity contribution in [2.24, 2.45) is 29.6 Å². The van der Waals surface area contributed by atoms with Gasteiger partial charge in [-0.05, 0) is 54.0 Å². The lowest BCUT2D eigenvalue weighted by molar-refractivity contribution is -0.123. The average molecular weight is 507 g/mol. The Labute approximate surface area is 209 Å². The molecule has 2 aliphatic carbocycles. The van der Waals surface area contributed by atoms with Gasteiger partial charge < -0.3 is 14.8 Å². The number of carbonyl (C=O) groups excluding carboxylic acids is 2. The molecule has 178 valence electrons. The number of carbonyl (C=O) groups is 2. The summed E-state index contributed by atoms with van der Waals surface area (Å²) >= 11 is 2.88. The first-order chi connectivity index (χ1) is 17.0. The highest BCUT2D eigenvalue weighted by Gasteiger charge is 2.69. The Kier molecular flexibility index (Phi) is 4.54. The quantitative estimate of drug-likeness (QED) is 0.524. The first-order valence-electron chi connectivity index (χ1n) is 11.7. The third kappa shape index (κ3) is 2.82. The van der Waals surface area contributed by atoms with Crippen LogP contribution in [0.4, 0.5) is 5.69 Å². The van der Waals surface area contributed by atoms with Crippen LogP contribution in [0.3, 0.4) is 0 Å². The molecule has 7 atom stereocenters. The number of amides is 2. The second kappa shape index (κ2) is 7.48. The summed E-state index contributed by atoms with van der Waals surface area (Å²) < 4.78 is 5.38. The number of methoxy groups -OCH3 is 1. The lowest BCUT2D eigenvalue weighted by Crippen LogP contribution is -2.42. The van der Waals surface area contributed by atoms with E-state index in [9.17, 15) is 19.5 Å². The summed E-state index contributed by atoms with van der Waals surface area (Å²) in [4.78, 5) is 44.9. The largest absolute Gasteiger partial charge is 0.504 e. The first kappa shape index (κ1) is 21.3. The van der Waals surface area contributed by atoms with E-state index >= 15 is 0 Å². The number of rotatable bonds is 3. The van der Waals surface area contributed by atoms with Gasteiger partial charge in [-0.15, -0.1) is 11.8 Å². The maximum atomic E-state index is 13.7. The number of benzene rings is 2. The predicted molar refractivity (Wildman–Crippen MR) is 132 cm³/mol. The van der Waals surface area contributed by atoms with Gasteiger partial charge in [0.05, 0.1) is 29.7 Å². The van der Waals surface area contributed by atoms with Crippen LogP contribution >= 0.6 is 23.1 Å². The Morgan fingerprint density at radius 1 is 1.03 bits per heavy atom. The van der Waals surface area contributed by atoms with Gasteiger partial charge in [-0.2, -0.15) is 0 Å². The highest BCUT2D eigenvalue weighted by Crippen LogP contribution is 2.68. The normalized spacial score (nSPS) is 32.5. The molecule has 4 aliphatic rings. The van der Waals surface area contributed by atoms with Crippen molar-refractivity contribution >= 4 is 40.6 Å². The van der Waals surface area contributed by atoms with Crippen molar-refractivity contribution in [1.82, 2.24) is 4.98 Å². The van der Waals surface area contributed by atoms with Crippen molar-refractivity contribution in [3.8, 4) is 11.5 Å². The van der Waals surface area contributed by atoms with Gasteiger partial charge in [0.1, 0.15) is 0 Å². The molecule has 2 bridgehead atoms. The van der Waals surface area contributed by atoms with Crippen LogP contribution in [0.1, 0.15) is 22.8 Å². The van der Waals surface area contributed by atoms with E-state index in [0.717, 1.165) is 21.9 Å². The molecule has 35 heavy (non-hydrogen) atoms. The monoisotopic (exact) mass is 506 g/mol. The molecule has 3 heterocycles. The molecule has 0 radical (unpaired) electrons. The van der Waals surface area contributed by atoms with E-state index < -0.39 is 0 Å². The van der Waals surface area contributed by atoms with E-state index in [2.05, 4.69) is 4.98 Å². The Hall–Kier alpha value is -3.04. The van der Waals surface area contributed by atoms with E-state index in [1.165, 1.54) is 23.3 Å². The molecule has 2 aromatic carbocycles. The van der Waals surface area contributed by atoms with Gasteiger partial charge in [0.15, 0.2) is 11.5 Å².